The van der Waals surface area contributed by atoms with Gasteiger partial charge in [0.25, 0.3) is 0 Å². The summed E-state index contributed by atoms with van der Waals surface area (Å²) in [5.74, 6) is -13.6. The predicted molar refractivity (Wildman–Crippen MR) is 132 cm³/mol. The van der Waals surface area contributed by atoms with E-state index in [1.54, 1.807) is 20.8 Å². The molecule has 1 aromatic rings. The number of ketones is 1. The molecule has 0 bridgehead atoms. The van der Waals surface area contributed by atoms with E-state index >= 15 is 0 Å². The van der Waals surface area contributed by atoms with Crippen molar-refractivity contribution in [3.05, 3.63) is 29.3 Å². The standard InChI is InChI=1S/C26H32F4N4O6/c1-12(2)8-17(33-24(38)25(39)34-26(3)5-6-26)23(37)32-16(9-13-4-7-31-22(13)36)18(35)11-40-21-19(29)14(27)10-15(28)20(21)30/h10,12-13,16-17H,4-9,11H2,1-3H3,(H,31,36)(H,32,37)(H,33,38)(H,34,39). The van der Waals surface area contributed by atoms with Gasteiger partial charge in [0, 0.05) is 24.1 Å². The van der Waals surface area contributed by atoms with Gasteiger partial charge in [-0.1, -0.05) is 13.8 Å². The van der Waals surface area contributed by atoms with Crippen LogP contribution in [0.1, 0.15) is 52.9 Å². The fourth-order valence-corrected chi connectivity index (χ4v) is 4.19. The van der Waals surface area contributed by atoms with Crippen LogP contribution >= 0.6 is 0 Å². The summed E-state index contributed by atoms with van der Waals surface area (Å²) < 4.78 is 59.8. The zero-order valence-corrected chi connectivity index (χ0v) is 22.3. The van der Waals surface area contributed by atoms with E-state index in [-0.39, 0.29) is 30.7 Å². The number of halogens is 4. The average molecular weight is 573 g/mol. The van der Waals surface area contributed by atoms with Crippen LogP contribution in [0.25, 0.3) is 0 Å². The van der Waals surface area contributed by atoms with Gasteiger partial charge in [-0.25, -0.2) is 8.78 Å². The Morgan fingerprint density at radius 1 is 1.02 bits per heavy atom. The summed E-state index contributed by atoms with van der Waals surface area (Å²) in [7, 11) is 0. The third-order valence-electron chi connectivity index (χ3n) is 6.77. The van der Waals surface area contributed by atoms with Crippen LogP contribution in [0.4, 0.5) is 17.6 Å². The molecule has 14 heteroatoms. The van der Waals surface area contributed by atoms with Crippen molar-refractivity contribution in [1.29, 1.82) is 0 Å². The van der Waals surface area contributed by atoms with Crippen LogP contribution in [0.3, 0.4) is 0 Å². The quantitative estimate of drug-likeness (QED) is 0.170. The first kappa shape index (κ1) is 30.8. The van der Waals surface area contributed by atoms with Crippen molar-refractivity contribution < 1.29 is 46.3 Å². The van der Waals surface area contributed by atoms with E-state index in [1.165, 1.54) is 0 Å². The molecule has 1 heterocycles. The molecule has 40 heavy (non-hydrogen) atoms. The summed E-state index contributed by atoms with van der Waals surface area (Å²) in [5, 5.41) is 9.96. The molecule has 1 aromatic carbocycles. The predicted octanol–water partition coefficient (Wildman–Crippen LogP) is 1.40. The smallest absolute Gasteiger partial charge is 0.309 e. The normalized spacial score (nSPS) is 18.9. The van der Waals surface area contributed by atoms with Crippen LogP contribution < -0.4 is 26.0 Å². The third kappa shape index (κ3) is 7.92. The number of Topliss-reactive ketones (excluding diaryl/α,β-unsaturated/α-hetero) is 1. The molecular formula is C26H32F4N4O6. The highest BCUT2D eigenvalue weighted by Crippen LogP contribution is 2.34. The Hall–Kier alpha value is -3.71. The summed E-state index contributed by atoms with van der Waals surface area (Å²) in [6.45, 7) is 4.52. The lowest BCUT2D eigenvalue weighted by Gasteiger charge is -2.25. The monoisotopic (exact) mass is 572 g/mol. The van der Waals surface area contributed by atoms with Crippen molar-refractivity contribution in [2.75, 3.05) is 13.2 Å². The maximum Gasteiger partial charge on any atom is 0.309 e. The number of hydrogen-bond acceptors (Lipinski definition) is 6. The molecule has 3 unspecified atom stereocenters. The highest BCUT2D eigenvalue weighted by Gasteiger charge is 2.41. The number of benzene rings is 1. The molecular weight excluding hydrogens is 540 g/mol. The van der Waals surface area contributed by atoms with E-state index in [0.717, 1.165) is 0 Å². The molecule has 2 aliphatic rings. The summed E-state index contributed by atoms with van der Waals surface area (Å²) in [6.07, 6.45) is 1.62. The van der Waals surface area contributed by atoms with E-state index in [9.17, 15) is 41.5 Å². The largest absolute Gasteiger partial charge is 0.479 e. The highest BCUT2D eigenvalue weighted by atomic mass is 19.2. The van der Waals surface area contributed by atoms with Gasteiger partial charge in [0.1, 0.15) is 12.6 Å². The van der Waals surface area contributed by atoms with Gasteiger partial charge in [-0.2, -0.15) is 8.78 Å². The van der Waals surface area contributed by atoms with Crippen LogP contribution in [0.15, 0.2) is 6.07 Å². The molecule has 2 fully saturated rings. The van der Waals surface area contributed by atoms with E-state index in [2.05, 4.69) is 21.3 Å². The van der Waals surface area contributed by atoms with Gasteiger partial charge < -0.3 is 26.0 Å². The maximum absolute atomic E-state index is 14.0. The molecule has 0 aromatic heterocycles. The Balaban J connectivity index is 1.75. The van der Waals surface area contributed by atoms with Gasteiger partial charge in [-0.15, -0.1) is 0 Å². The number of hydrogen-bond donors (Lipinski definition) is 4. The van der Waals surface area contributed by atoms with Gasteiger partial charge in [-0.05, 0) is 44.9 Å². The highest BCUT2D eigenvalue weighted by molar-refractivity contribution is 6.35. The first-order chi connectivity index (χ1) is 18.7. The second kappa shape index (κ2) is 12.6. The minimum Gasteiger partial charge on any atom is -0.479 e. The molecule has 220 valence electrons. The van der Waals surface area contributed by atoms with Crippen LogP contribution in [-0.4, -0.2) is 60.2 Å². The van der Waals surface area contributed by atoms with Crippen LogP contribution in [0, 0.1) is 35.1 Å². The van der Waals surface area contributed by atoms with E-state index < -0.39 is 82.7 Å². The van der Waals surface area contributed by atoms with Gasteiger partial charge in [-0.3, -0.25) is 24.0 Å². The second-order valence-corrected chi connectivity index (χ2v) is 10.8. The number of ether oxygens (including phenoxy) is 1. The van der Waals surface area contributed by atoms with E-state index in [0.29, 0.717) is 25.8 Å². The number of carbonyl (C=O) groups is 5. The Labute approximate surface area is 228 Å². The number of amides is 4. The van der Waals surface area contributed by atoms with Gasteiger partial charge in [0.15, 0.2) is 23.2 Å². The molecule has 1 aliphatic carbocycles. The number of nitrogens with one attached hydrogen (secondary N) is 4. The third-order valence-corrected chi connectivity index (χ3v) is 6.77. The van der Waals surface area contributed by atoms with Crippen molar-refractivity contribution in [2.24, 2.45) is 11.8 Å². The average Bonchev–Trinajstić information content (AvgIpc) is 3.46. The molecule has 3 rings (SSSR count). The van der Waals surface area contributed by atoms with Gasteiger partial charge in [0.05, 0.1) is 6.04 Å². The summed E-state index contributed by atoms with van der Waals surface area (Å²) in [4.78, 5) is 63.1. The van der Waals surface area contributed by atoms with Crippen molar-refractivity contribution in [3.8, 4) is 5.75 Å². The fraction of sp³-hybridized carbons (Fsp3) is 0.577. The molecule has 1 saturated heterocycles. The minimum absolute atomic E-state index is 0.0184. The zero-order valence-electron chi connectivity index (χ0n) is 22.3. The summed E-state index contributed by atoms with van der Waals surface area (Å²) >= 11 is 0. The molecule has 0 radical (unpaired) electrons. The lowest BCUT2D eigenvalue weighted by atomic mass is 9.95. The number of carbonyl (C=O) groups excluding carboxylic acids is 5. The molecule has 3 atom stereocenters. The Morgan fingerprint density at radius 3 is 2.17 bits per heavy atom. The first-order valence-corrected chi connectivity index (χ1v) is 12.9. The summed E-state index contributed by atoms with van der Waals surface area (Å²) in [5.41, 5.74) is -0.479. The Morgan fingerprint density at radius 2 is 1.65 bits per heavy atom. The van der Waals surface area contributed by atoms with Crippen LogP contribution in [0.2, 0.25) is 0 Å². The van der Waals surface area contributed by atoms with Crippen LogP contribution in [-0.2, 0) is 24.0 Å². The van der Waals surface area contributed by atoms with E-state index in [4.69, 9.17) is 4.74 Å². The molecule has 0 spiro atoms. The SMILES string of the molecule is CC(C)CC(NC(=O)C(=O)NC1(C)CC1)C(=O)NC(CC1CCNC1=O)C(=O)COc1c(F)c(F)cc(F)c1F. The first-order valence-electron chi connectivity index (χ1n) is 12.9. The van der Waals surface area contributed by atoms with Gasteiger partial charge >= 0.3 is 11.8 Å². The molecule has 1 saturated carbocycles. The van der Waals surface area contributed by atoms with Crippen molar-refractivity contribution in [3.63, 3.8) is 0 Å². The zero-order chi connectivity index (χ0) is 29.8. The minimum atomic E-state index is -1.85. The molecule has 1 aliphatic heterocycles. The van der Waals surface area contributed by atoms with Gasteiger partial charge in [0.2, 0.25) is 23.4 Å². The molecule has 4 amide bonds. The van der Waals surface area contributed by atoms with Crippen LogP contribution in [0.5, 0.6) is 5.75 Å². The molecule has 10 nitrogen and oxygen atoms in total. The Bertz CT molecular complexity index is 1160. The summed E-state index contributed by atoms with van der Waals surface area (Å²) in [6, 6.07) is -2.70. The topological polar surface area (TPSA) is 143 Å². The van der Waals surface area contributed by atoms with E-state index in [1.807, 2.05) is 0 Å². The number of rotatable bonds is 12. The Kier molecular flexibility index (Phi) is 9.74. The lowest BCUT2D eigenvalue weighted by Crippen LogP contribution is -2.56. The fourth-order valence-electron chi connectivity index (χ4n) is 4.19. The van der Waals surface area contributed by atoms with Crippen molar-refractivity contribution in [2.45, 2.75) is 70.5 Å². The maximum atomic E-state index is 14.0. The van der Waals surface area contributed by atoms with Crippen molar-refractivity contribution in [1.82, 2.24) is 21.3 Å². The second-order valence-electron chi connectivity index (χ2n) is 10.8. The lowest BCUT2D eigenvalue weighted by molar-refractivity contribution is -0.141. The van der Waals surface area contributed by atoms with Crippen molar-refractivity contribution >= 4 is 29.4 Å². The molecule has 4 N–H and O–H groups in total.